The molecular formula is C16H20BrNO3. The summed E-state index contributed by atoms with van der Waals surface area (Å²) in [7, 11) is 0. The normalized spacial score (nSPS) is 18.4. The second-order valence-electron chi connectivity index (χ2n) is 5.23. The summed E-state index contributed by atoms with van der Waals surface area (Å²) in [5.74, 6) is -0.398. The zero-order valence-corrected chi connectivity index (χ0v) is 14.0. The first-order valence-corrected chi connectivity index (χ1v) is 8.07. The molecule has 4 nitrogen and oxygen atoms in total. The maximum absolute atomic E-state index is 12.7. The fourth-order valence-electron chi connectivity index (χ4n) is 2.55. The minimum Gasteiger partial charge on any atom is -0.464 e. The molecule has 1 saturated heterocycles. The van der Waals surface area contributed by atoms with Crippen LogP contribution in [0.25, 0.3) is 0 Å². The van der Waals surface area contributed by atoms with Crippen LogP contribution >= 0.6 is 15.9 Å². The number of rotatable bonds is 3. The van der Waals surface area contributed by atoms with Crippen LogP contribution < -0.4 is 0 Å². The number of carbonyl (C=O) groups is 2. The largest absolute Gasteiger partial charge is 0.464 e. The van der Waals surface area contributed by atoms with E-state index in [-0.39, 0.29) is 11.9 Å². The average molecular weight is 354 g/mol. The molecule has 1 atom stereocenters. The van der Waals surface area contributed by atoms with Gasteiger partial charge in [0.05, 0.1) is 6.61 Å². The van der Waals surface area contributed by atoms with Gasteiger partial charge < -0.3 is 9.64 Å². The maximum Gasteiger partial charge on any atom is 0.328 e. The third-order valence-corrected chi connectivity index (χ3v) is 4.60. The smallest absolute Gasteiger partial charge is 0.328 e. The summed E-state index contributed by atoms with van der Waals surface area (Å²) in [5.41, 5.74) is 1.68. The lowest BCUT2D eigenvalue weighted by atomic mass is 10.0. The highest BCUT2D eigenvalue weighted by Crippen LogP contribution is 2.23. The Hall–Kier alpha value is -1.36. The van der Waals surface area contributed by atoms with Gasteiger partial charge >= 0.3 is 5.97 Å². The van der Waals surface area contributed by atoms with Crippen LogP contribution in [0.2, 0.25) is 0 Å². The van der Waals surface area contributed by atoms with Gasteiger partial charge in [-0.2, -0.15) is 0 Å². The van der Waals surface area contributed by atoms with Crippen LogP contribution in [-0.4, -0.2) is 36.0 Å². The van der Waals surface area contributed by atoms with Crippen LogP contribution in [0.4, 0.5) is 0 Å². The number of esters is 1. The molecular weight excluding hydrogens is 334 g/mol. The molecule has 1 aliphatic rings. The SMILES string of the molecule is CCOC(=O)C1CCCCN1C(=O)c1ccc(C)c(Br)c1. The van der Waals surface area contributed by atoms with Crippen LogP contribution in [0.1, 0.15) is 42.1 Å². The summed E-state index contributed by atoms with van der Waals surface area (Å²) < 4.78 is 6.00. The van der Waals surface area contributed by atoms with Gasteiger partial charge in [-0.3, -0.25) is 4.79 Å². The first-order valence-electron chi connectivity index (χ1n) is 7.28. The van der Waals surface area contributed by atoms with E-state index in [9.17, 15) is 9.59 Å². The molecule has 1 unspecified atom stereocenters. The van der Waals surface area contributed by atoms with Gasteiger partial charge in [0.25, 0.3) is 5.91 Å². The molecule has 114 valence electrons. The third kappa shape index (κ3) is 3.64. The molecule has 1 fully saturated rings. The van der Waals surface area contributed by atoms with Crippen molar-refractivity contribution in [3.8, 4) is 0 Å². The number of carbonyl (C=O) groups excluding carboxylic acids is 2. The molecule has 2 rings (SSSR count). The molecule has 0 N–H and O–H groups in total. The van der Waals surface area contributed by atoms with Gasteiger partial charge in [0.1, 0.15) is 6.04 Å². The highest BCUT2D eigenvalue weighted by molar-refractivity contribution is 9.10. The summed E-state index contributed by atoms with van der Waals surface area (Å²) in [6.07, 6.45) is 2.55. The summed E-state index contributed by atoms with van der Waals surface area (Å²) in [6, 6.07) is 5.07. The molecule has 0 bridgehead atoms. The Kier molecular flexibility index (Phi) is 5.39. The summed E-state index contributed by atoms with van der Waals surface area (Å²) in [4.78, 5) is 26.4. The Bertz CT molecular complexity index is 544. The van der Waals surface area contributed by atoms with Crippen LogP contribution in [0, 0.1) is 6.92 Å². The van der Waals surface area contributed by atoms with Gasteiger partial charge in [0.15, 0.2) is 0 Å². The lowest BCUT2D eigenvalue weighted by Gasteiger charge is -2.34. The van der Waals surface area contributed by atoms with E-state index in [2.05, 4.69) is 15.9 Å². The zero-order valence-electron chi connectivity index (χ0n) is 12.4. The van der Waals surface area contributed by atoms with E-state index < -0.39 is 6.04 Å². The fraction of sp³-hybridized carbons (Fsp3) is 0.500. The van der Waals surface area contributed by atoms with Crippen molar-refractivity contribution in [3.63, 3.8) is 0 Å². The van der Waals surface area contributed by atoms with Gasteiger partial charge in [-0.05, 0) is 50.8 Å². The van der Waals surface area contributed by atoms with Crippen molar-refractivity contribution in [2.24, 2.45) is 0 Å². The lowest BCUT2D eigenvalue weighted by Crippen LogP contribution is -2.48. The van der Waals surface area contributed by atoms with Crippen molar-refractivity contribution < 1.29 is 14.3 Å². The first kappa shape index (κ1) is 16.0. The van der Waals surface area contributed by atoms with E-state index in [1.54, 1.807) is 17.9 Å². The van der Waals surface area contributed by atoms with E-state index in [0.717, 1.165) is 22.9 Å². The molecule has 21 heavy (non-hydrogen) atoms. The molecule has 1 aliphatic heterocycles. The topological polar surface area (TPSA) is 46.6 Å². The van der Waals surface area contributed by atoms with Gasteiger partial charge in [0, 0.05) is 16.6 Å². The van der Waals surface area contributed by atoms with E-state index in [1.165, 1.54) is 0 Å². The molecule has 0 spiro atoms. The number of benzene rings is 1. The highest BCUT2D eigenvalue weighted by atomic mass is 79.9. The van der Waals surface area contributed by atoms with E-state index in [4.69, 9.17) is 4.74 Å². The van der Waals surface area contributed by atoms with Crippen LogP contribution in [0.3, 0.4) is 0 Å². The Balaban J connectivity index is 2.21. The maximum atomic E-state index is 12.7. The average Bonchev–Trinajstić information content (AvgIpc) is 2.49. The van der Waals surface area contributed by atoms with E-state index in [1.807, 2.05) is 19.1 Å². The number of halogens is 1. The molecule has 1 aromatic carbocycles. The Morgan fingerprint density at radius 1 is 1.38 bits per heavy atom. The highest BCUT2D eigenvalue weighted by Gasteiger charge is 2.33. The van der Waals surface area contributed by atoms with Crippen molar-refractivity contribution in [1.29, 1.82) is 0 Å². The zero-order chi connectivity index (χ0) is 15.4. The number of hydrogen-bond donors (Lipinski definition) is 0. The molecule has 0 saturated carbocycles. The van der Waals surface area contributed by atoms with Gasteiger partial charge in [-0.25, -0.2) is 4.79 Å². The quantitative estimate of drug-likeness (QED) is 0.783. The summed E-state index contributed by atoms with van der Waals surface area (Å²) in [6.45, 7) is 4.70. The monoisotopic (exact) mass is 353 g/mol. The molecule has 1 heterocycles. The number of nitrogens with zero attached hydrogens (tertiary/aromatic N) is 1. The predicted octanol–water partition coefficient (Wildman–Crippen LogP) is 3.32. The second kappa shape index (κ2) is 7.07. The van der Waals surface area contributed by atoms with Gasteiger partial charge in [-0.15, -0.1) is 0 Å². The number of ether oxygens (including phenoxy) is 1. The first-order chi connectivity index (χ1) is 10.0. The summed E-state index contributed by atoms with van der Waals surface area (Å²) >= 11 is 3.44. The molecule has 5 heteroatoms. The number of likely N-dealkylation sites (tertiary alicyclic amines) is 1. The Morgan fingerprint density at radius 2 is 2.14 bits per heavy atom. The Labute approximate surface area is 133 Å². The van der Waals surface area contributed by atoms with Crippen molar-refractivity contribution in [3.05, 3.63) is 33.8 Å². The van der Waals surface area contributed by atoms with Gasteiger partial charge in [0.2, 0.25) is 0 Å². The minimum absolute atomic E-state index is 0.103. The molecule has 1 aromatic rings. The molecule has 0 aromatic heterocycles. The number of amides is 1. The standard InChI is InChI=1S/C16H20BrNO3/c1-3-21-16(20)14-6-4-5-9-18(14)15(19)12-8-7-11(2)13(17)10-12/h7-8,10,14H,3-6,9H2,1-2H3. The minimum atomic E-state index is -0.453. The van der Waals surface area contributed by atoms with E-state index in [0.29, 0.717) is 25.1 Å². The lowest BCUT2D eigenvalue weighted by molar-refractivity contribution is -0.149. The number of aryl methyl sites for hydroxylation is 1. The van der Waals surface area contributed by atoms with Crippen LogP contribution in [0.15, 0.2) is 22.7 Å². The van der Waals surface area contributed by atoms with Crippen molar-refractivity contribution in [2.45, 2.75) is 39.2 Å². The van der Waals surface area contributed by atoms with Crippen molar-refractivity contribution in [1.82, 2.24) is 4.90 Å². The molecule has 0 radical (unpaired) electrons. The Morgan fingerprint density at radius 3 is 2.81 bits per heavy atom. The number of piperidine rings is 1. The van der Waals surface area contributed by atoms with Crippen molar-refractivity contribution >= 4 is 27.8 Å². The van der Waals surface area contributed by atoms with Crippen LogP contribution in [0.5, 0.6) is 0 Å². The second-order valence-corrected chi connectivity index (χ2v) is 6.08. The van der Waals surface area contributed by atoms with Gasteiger partial charge in [-0.1, -0.05) is 22.0 Å². The fourth-order valence-corrected chi connectivity index (χ4v) is 2.93. The summed E-state index contributed by atoms with van der Waals surface area (Å²) in [5, 5.41) is 0. The van der Waals surface area contributed by atoms with Crippen LogP contribution in [-0.2, 0) is 9.53 Å². The number of hydrogen-bond acceptors (Lipinski definition) is 3. The molecule has 1 amide bonds. The predicted molar refractivity (Wildman–Crippen MR) is 84.2 cm³/mol. The molecule has 0 aliphatic carbocycles. The van der Waals surface area contributed by atoms with Crippen molar-refractivity contribution in [2.75, 3.05) is 13.2 Å². The third-order valence-electron chi connectivity index (χ3n) is 3.74. The van der Waals surface area contributed by atoms with E-state index >= 15 is 0 Å².